The molecular formula is C19H30N4O2. The molecule has 1 aliphatic heterocycles. The molecule has 1 aliphatic rings. The molecule has 0 saturated carbocycles. The summed E-state index contributed by atoms with van der Waals surface area (Å²) in [4.78, 5) is 26.5. The predicted octanol–water partition coefficient (Wildman–Crippen LogP) is 1.61. The third-order valence-electron chi connectivity index (χ3n) is 4.28. The maximum absolute atomic E-state index is 12.3. The van der Waals surface area contributed by atoms with Crippen LogP contribution < -0.4 is 16.0 Å². The Hall–Kier alpha value is -1.92. The maximum atomic E-state index is 12.3. The lowest BCUT2D eigenvalue weighted by Gasteiger charge is -2.27. The summed E-state index contributed by atoms with van der Waals surface area (Å²) in [5.41, 5.74) is 2.29. The highest BCUT2D eigenvalue weighted by molar-refractivity contribution is 5.96. The molecule has 0 radical (unpaired) electrons. The highest BCUT2D eigenvalue weighted by atomic mass is 16.2. The van der Waals surface area contributed by atoms with Gasteiger partial charge in [-0.05, 0) is 36.6 Å². The van der Waals surface area contributed by atoms with Crippen LogP contribution in [0.5, 0.6) is 0 Å². The van der Waals surface area contributed by atoms with Crippen molar-refractivity contribution >= 4 is 17.5 Å². The van der Waals surface area contributed by atoms with Gasteiger partial charge in [-0.15, -0.1) is 0 Å². The fourth-order valence-corrected chi connectivity index (χ4v) is 2.88. The van der Waals surface area contributed by atoms with Gasteiger partial charge in [-0.2, -0.15) is 0 Å². The Kier molecular flexibility index (Phi) is 7.40. The Morgan fingerprint density at radius 2 is 1.96 bits per heavy atom. The van der Waals surface area contributed by atoms with Crippen LogP contribution in [0.25, 0.3) is 0 Å². The molecule has 1 aromatic carbocycles. The number of amides is 2. The van der Waals surface area contributed by atoms with Gasteiger partial charge in [0.25, 0.3) is 5.91 Å². The van der Waals surface area contributed by atoms with Gasteiger partial charge in [0, 0.05) is 56.9 Å². The first kappa shape index (κ1) is 19.4. The standard InChI is InChI=1S/C19H30N4O2/c1-14(2)12-18(24)22-17-5-4-16(13-15(17)3)19(25)21-8-11-23-9-6-20-7-10-23/h4-5,13-14,20H,6-12H2,1-3H3,(H,21,25)(H,22,24). The lowest BCUT2D eigenvalue weighted by atomic mass is 10.1. The summed E-state index contributed by atoms with van der Waals surface area (Å²) < 4.78 is 0. The number of hydrogen-bond acceptors (Lipinski definition) is 4. The van der Waals surface area contributed by atoms with Crippen molar-refractivity contribution in [2.24, 2.45) is 5.92 Å². The van der Waals surface area contributed by atoms with Crippen molar-refractivity contribution in [2.75, 3.05) is 44.6 Å². The molecule has 2 rings (SSSR count). The zero-order valence-corrected chi connectivity index (χ0v) is 15.5. The summed E-state index contributed by atoms with van der Waals surface area (Å²) in [5.74, 6) is 0.255. The molecule has 1 heterocycles. The van der Waals surface area contributed by atoms with Gasteiger partial charge in [-0.3, -0.25) is 14.5 Å². The zero-order valence-electron chi connectivity index (χ0n) is 15.5. The third kappa shape index (κ3) is 6.48. The number of piperazine rings is 1. The van der Waals surface area contributed by atoms with E-state index < -0.39 is 0 Å². The molecule has 0 aliphatic carbocycles. The molecule has 6 nitrogen and oxygen atoms in total. The summed E-state index contributed by atoms with van der Waals surface area (Å²) in [6.45, 7) is 11.5. The minimum atomic E-state index is -0.0710. The molecule has 0 unspecified atom stereocenters. The number of carbonyl (C=O) groups excluding carboxylic acids is 2. The average molecular weight is 346 g/mol. The van der Waals surface area contributed by atoms with Crippen molar-refractivity contribution < 1.29 is 9.59 Å². The molecule has 0 atom stereocenters. The Morgan fingerprint density at radius 3 is 2.60 bits per heavy atom. The minimum Gasteiger partial charge on any atom is -0.351 e. The summed E-state index contributed by atoms with van der Waals surface area (Å²) >= 11 is 0. The summed E-state index contributed by atoms with van der Waals surface area (Å²) in [7, 11) is 0. The van der Waals surface area contributed by atoms with E-state index in [1.165, 1.54) is 0 Å². The summed E-state index contributed by atoms with van der Waals surface area (Å²) in [5, 5.41) is 9.20. The van der Waals surface area contributed by atoms with E-state index in [2.05, 4.69) is 20.9 Å². The lowest BCUT2D eigenvalue weighted by molar-refractivity contribution is -0.116. The average Bonchev–Trinajstić information content (AvgIpc) is 2.57. The van der Waals surface area contributed by atoms with Crippen molar-refractivity contribution in [2.45, 2.75) is 27.2 Å². The van der Waals surface area contributed by atoms with E-state index in [-0.39, 0.29) is 11.8 Å². The number of nitrogens with one attached hydrogen (secondary N) is 3. The highest BCUT2D eigenvalue weighted by Crippen LogP contribution is 2.17. The number of carbonyl (C=O) groups is 2. The summed E-state index contributed by atoms with van der Waals surface area (Å²) in [6, 6.07) is 5.39. The number of anilines is 1. The quantitative estimate of drug-likeness (QED) is 0.701. The molecule has 25 heavy (non-hydrogen) atoms. The van der Waals surface area contributed by atoms with Gasteiger partial charge in [0.05, 0.1) is 0 Å². The van der Waals surface area contributed by atoms with Crippen molar-refractivity contribution in [1.29, 1.82) is 0 Å². The first-order chi connectivity index (χ1) is 12.0. The topological polar surface area (TPSA) is 73.5 Å². The predicted molar refractivity (Wildman–Crippen MR) is 101 cm³/mol. The van der Waals surface area contributed by atoms with Gasteiger partial charge in [-0.25, -0.2) is 0 Å². The smallest absolute Gasteiger partial charge is 0.251 e. The molecule has 138 valence electrons. The van der Waals surface area contributed by atoms with E-state index in [0.29, 0.717) is 24.4 Å². The van der Waals surface area contributed by atoms with Crippen molar-refractivity contribution in [3.05, 3.63) is 29.3 Å². The van der Waals surface area contributed by atoms with E-state index >= 15 is 0 Å². The van der Waals surface area contributed by atoms with E-state index in [4.69, 9.17) is 0 Å². The van der Waals surface area contributed by atoms with E-state index in [1.54, 1.807) is 12.1 Å². The monoisotopic (exact) mass is 346 g/mol. The molecule has 1 aromatic rings. The van der Waals surface area contributed by atoms with Crippen LogP contribution in [0.2, 0.25) is 0 Å². The Bertz CT molecular complexity index is 595. The zero-order chi connectivity index (χ0) is 18.2. The van der Waals surface area contributed by atoms with Gasteiger partial charge in [-0.1, -0.05) is 13.8 Å². The van der Waals surface area contributed by atoms with Crippen LogP contribution in [0.3, 0.4) is 0 Å². The lowest BCUT2D eigenvalue weighted by Crippen LogP contribution is -2.46. The van der Waals surface area contributed by atoms with Crippen LogP contribution in [0.15, 0.2) is 18.2 Å². The molecule has 0 aromatic heterocycles. The number of benzene rings is 1. The minimum absolute atomic E-state index is 0.00585. The fraction of sp³-hybridized carbons (Fsp3) is 0.579. The molecular weight excluding hydrogens is 316 g/mol. The number of rotatable bonds is 7. The molecule has 0 bridgehead atoms. The number of hydrogen-bond donors (Lipinski definition) is 3. The SMILES string of the molecule is Cc1cc(C(=O)NCCN2CCNCC2)ccc1NC(=O)CC(C)C. The van der Waals surface area contributed by atoms with Gasteiger partial charge in [0.2, 0.25) is 5.91 Å². The second-order valence-corrected chi connectivity index (χ2v) is 7.02. The van der Waals surface area contributed by atoms with E-state index in [9.17, 15) is 9.59 Å². The van der Waals surface area contributed by atoms with Gasteiger partial charge >= 0.3 is 0 Å². The van der Waals surface area contributed by atoms with E-state index in [0.717, 1.165) is 44.0 Å². The van der Waals surface area contributed by atoms with Crippen molar-refractivity contribution in [1.82, 2.24) is 15.5 Å². The van der Waals surface area contributed by atoms with Crippen LogP contribution in [-0.4, -0.2) is 56.0 Å². The second-order valence-electron chi connectivity index (χ2n) is 7.02. The molecule has 0 spiro atoms. The Balaban J connectivity index is 1.83. The highest BCUT2D eigenvalue weighted by Gasteiger charge is 2.12. The van der Waals surface area contributed by atoms with E-state index in [1.807, 2.05) is 26.8 Å². The number of aryl methyl sites for hydroxylation is 1. The molecule has 6 heteroatoms. The number of nitrogens with zero attached hydrogens (tertiary/aromatic N) is 1. The van der Waals surface area contributed by atoms with Crippen molar-refractivity contribution in [3.63, 3.8) is 0 Å². The van der Waals surface area contributed by atoms with Crippen LogP contribution in [0.4, 0.5) is 5.69 Å². The Labute approximate surface area is 150 Å². The second kappa shape index (κ2) is 9.53. The van der Waals surface area contributed by atoms with Gasteiger partial charge in [0.15, 0.2) is 0 Å². The fourth-order valence-electron chi connectivity index (χ4n) is 2.88. The first-order valence-corrected chi connectivity index (χ1v) is 9.07. The van der Waals surface area contributed by atoms with Crippen molar-refractivity contribution in [3.8, 4) is 0 Å². The molecule has 1 fully saturated rings. The maximum Gasteiger partial charge on any atom is 0.251 e. The van der Waals surface area contributed by atoms with Gasteiger partial charge < -0.3 is 16.0 Å². The molecule has 3 N–H and O–H groups in total. The third-order valence-corrected chi connectivity index (χ3v) is 4.28. The normalized spacial score (nSPS) is 15.2. The first-order valence-electron chi connectivity index (χ1n) is 9.07. The Morgan fingerprint density at radius 1 is 1.24 bits per heavy atom. The van der Waals surface area contributed by atoms with Crippen LogP contribution in [0.1, 0.15) is 36.2 Å². The van der Waals surface area contributed by atoms with Crippen LogP contribution in [-0.2, 0) is 4.79 Å². The summed E-state index contributed by atoms with van der Waals surface area (Å²) in [6.07, 6.45) is 0.494. The van der Waals surface area contributed by atoms with Crippen LogP contribution in [0, 0.1) is 12.8 Å². The molecule has 1 saturated heterocycles. The van der Waals surface area contributed by atoms with Gasteiger partial charge in [0.1, 0.15) is 0 Å². The largest absolute Gasteiger partial charge is 0.351 e. The van der Waals surface area contributed by atoms with Crippen LogP contribution >= 0.6 is 0 Å². The molecule has 2 amide bonds.